The van der Waals surface area contributed by atoms with Gasteiger partial charge in [0.1, 0.15) is 0 Å². The molecule has 0 saturated carbocycles. The average molecular weight is 548 g/mol. The number of carbonyl (C=O) groups excluding carboxylic acids is 2. The van der Waals surface area contributed by atoms with Crippen molar-refractivity contribution in [3.8, 4) is 0 Å². The van der Waals surface area contributed by atoms with Gasteiger partial charge in [-0.3, -0.25) is 9.59 Å². The fourth-order valence-electron chi connectivity index (χ4n) is 6.28. The Balaban J connectivity index is 1.59. The number of benzene rings is 3. The number of anilines is 3. The van der Waals surface area contributed by atoms with Crippen molar-refractivity contribution in [3.05, 3.63) is 89.5 Å². The normalized spacial score (nSPS) is 24.3. The molecular formula is C30H34FN3O4Si. The van der Waals surface area contributed by atoms with E-state index in [1.54, 1.807) is 54.4 Å². The first-order valence-electron chi connectivity index (χ1n) is 13.2. The highest BCUT2D eigenvalue weighted by molar-refractivity contribution is 6.72. The Morgan fingerprint density at radius 1 is 1.13 bits per heavy atom. The lowest BCUT2D eigenvalue weighted by Crippen LogP contribution is -2.45. The van der Waals surface area contributed by atoms with Crippen molar-refractivity contribution in [2.24, 2.45) is 5.92 Å². The van der Waals surface area contributed by atoms with Crippen LogP contribution in [0.4, 0.5) is 21.2 Å². The molecule has 3 aromatic carbocycles. The number of ether oxygens (including phenoxy) is 1. The number of carbonyl (C=O) groups is 2. The van der Waals surface area contributed by atoms with Gasteiger partial charge in [-0.25, -0.2) is 0 Å². The molecule has 2 heterocycles. The van der Waals surface area contributed by atoms with Crippen LogP contribution in [0.3, 0.4) is 0 Å². The van der Waals surface area contributed by atoms with Crippen LogP contribution in [-0.2, 0) is 21.7 Å². The maximum absolute atomic E-state index is 15.8. The topological polar surface area (TPSA) is 105 Å². The minimum atomic E-state index is -3.30. The van der Waals surface area contributed by atoms with Crippen LogP contribution in [0.2, 0.25) is 18.6 Å². The van der Waals surface area contributed by atoms with E-state index in [0.717, 1.165) is 5.56 Å². The van der Waals surface area contributed by atoms with Crippen LogP contribution < -0.4 is 16.0 Å². The van der Waals surface area contributed by atoms with E-state index in [0.29, 0.717) is 34.7 Å². The SMILES string of the molecule is C[C@H]1[C@H]([Si](C)(C)F)[C@@H](CCO)O[C@]12C(=O)N(Cc1ccccc1)c1ccc(NC(=O)c3ccc(N)cc3)cc12. The van der Waals surface area contributed by atoms with Gasteiger partial charge in [-0.05, 0) is 67.5 Å². The quantitative estimate of drug-likeness (QED) is 0.214. The Hall–Kier alpha value is -3.53. The zero-order chi connectivity index (χ0) is 27.9. The zero-order valence-electron chi connectivity index (χ0n) is 22.4. The summed E-state index contributed by atoms with van der Waals surface area (Å²) in [7, 11) is -3.30. The fourth-order valence-corrected chi connectivity index (χ4v) is 8.83. The van der Waals surface area contributed by atoms with Gasteiger partial charge in [0.15, 0.2) is 5.60 Å². The number of hydrogen-bond acceptors (Lipinski definition) is 5. The van der Waals surface area contributed by atoms with Gasteiger partial charge in [0.2, 0.25) is 8.41 Å². The molecule has 9 heteroatoms. The molecule has 0 aliphatic carbocycles. The Labute approximate surface area is 229 Å². The molecule has 1 saturated heterocycles. The van der Waals surface area contributed by atoms with E-state index in [2.05, 4.69) is 5.32 Å². The van der Waals surface area contributed by atoms with Gasteiger partial charge < -0.3 is 29.9 Å². The molecule has 3 aromatic rings. The highest BCUT2D eigenvalue weighted by Crippen LogP contribution is 2.60. The molecule has 1 fully saturated rings. The molecular weight excluding hydrogens is 513 g/mol. The smallest absolute Gasteiger partial charge is 0.264 e. The Morgan fingerprint density at radius 3 is 2.46 bits per heavy atom. The number of hydrogen-bond donors (Lipinski definition) is 3. The van der Waals surface area contributed by atoms with Gasteiger partial charge in [0.05, 0.1) is 18.3 Å². The molecule has 0 radical (unpaired) electrons. The van der Waals surface area contributed by atoms with E-state index in [-0.39, 0.29) is 24.8 Å². The van der Waals surface area contributed by atoms with Crippen LogP contribution in [0, 0.1) is 5.92 Å². The van der Waals surface area contributed by atoms with Crippen LogP contribution >= 0.6 is 0 Å². The molecule has 2 aliphatic heterocycles. The summed E-state index contributed by atoms with van der Waals surface area (Å²) < 4.78 is 22.3. The number of nitrogens with zero attached hydrogens (tertiary/aromatic N) is 1. The highest BCUT2D eigenvalue weighted by atomic mass is 28.4. The lowest BCUT2D eigenvalue weighted by Gasteiger charge is -2.31. The first kappa shape index (κ1) is 27.0. The Bertz CT molecular complexity index is 1380. The van der Waals surface area contributed by atoms with Gasteiger partial charge in [-0.2, -0.15) is 0 Å². The van der Waals surface area contributed by atoms with Crippen LogP contribution in [0.1, 0.15) is 34.8 Å². The molecule has 0 unspecified atom stereocenters. The van der Waals surface area contributed by atoms with Gasteiger partial charge in [0.25, 0.3) is 11.8 Å². The molecule has 1 spiro atoms. The number of nitrogens with two attached hydrogens (primary N) is 1. The molecule has 2 aliphatic rings. The summed E-state index contributed by atoms with van der Waals surface area (Å²) in [5.41, 5.74) is 7.56. The van der Waals surface area contributed by atoms with E-state index in [1.807, 2.05) is 43.3 Å². The number of amides is 2. The third-order valence-corrected chi connectivity index (χ3v) is 10.4. The first-order valence-corrected chi connectivity index (χ1v) is 16.2. The van der Waals surface area contributed by atoms with E-state index in [4.69, 9.17) is 10.5 Å². The van der Waals surface area contributed by atoms with Crippen LogP contribution in [0.5, 0.6) is 0 Å². The summed E-state index contributed by atoms with van der Waals surface area (Å²) in [6.45, 7) is 5.30. The van der Waals surface area contributed by atoms with E-state index in [1.165, 1.54) is 0 Å². The third kappa shape index (κ3) is 4.75. The lowest BCUT2D eigenvalue weighted by atomic mass is 9.82. The average Bonchev–Trinajstić information content (AvgIpc) is 3.32. The van der Waals surface area contributed by atoms with Crippen molar-refractivity contribution in [3.63, 3.8) is 0 Å². The standard InChI is InChI=1S/C30H34FN3O4Si/c1-19-27(39(2,3)31)26(15-16-35)38-30(19)24-17-23(33-28(36)21-9-11-22(32)12-10-21)13-14-25(24)34(29(30)37)18-20-7-5-4-6-8-20/h4-14,17,19,26-27,35H,15-16,18,32H2,1-3H3,(H,33,36)/t19-,26+,27-,30+/m0/s1. The van der Waals surface area contributed by atoms with Crippen molar-refractivity contribution in [1.82, 2.24) is 0 Å². The molecule has 5 rings (SSSR count). The molecule has 39 heavy (non-hydrogen) atoms. The van der Waals surface area contributed by atoms with Crippen LogP contribution in [-0.4, -0.2) is 38.0 Å². The largest absolute Gasteiger partial charge is 0.399 e. The Kier molecular flexibility index (Phi) is 7.09. The van der Waals surface area contributed by atoms with Crippen LogP contribution in [0.15, 0.2) is 72.8 Å². The van der Waals surface area contributed by atoms with Crippen molar-refractivity contribution >= 4 is 37.3 Å². The second-order valence-electron chi connectivity index (χ2n) is 11.0. The number of nitrogens with one attached hydrogen (secondary N) is 1. The van der Waals surface area contributed by atoms with Gasteiger partial charge >= 0.3 is 0 Å². The first-order chi connectivity index (χ1) is 18.6. The number of rotatable bonds is 7. The van der Waals surface area contributed by atoms with E-state index >= 15 is 4.11 Å². The van der Waals surface area contributed by atoms with Crippen molar-refractivity contribution < 1.29 is 23.5 Å². The van der Waals surface area contributed by atoms with Crippen LogP contribution in [0.25, 0.3) is 0 Å². The fraction of sp³-hybridized carbons (Fsp3) is 0.333. The van der Waals surface area contributed by atoms with E-state index < -0.39 is 31.6 Å². The summed E-state index contributed by atoms with van der Waals surface area (Å²) in [6.07, 6.45) is -0.357. The molecule has 0 aromatic heterocycles. The van der Waals surface area contributed by atoms with Crippen molar-refractivity contribution in [2.75, 3.05) is 22.6 Å². The summed E-state index contributed by atoms with van der Waals surface area (Å²) in [5.74, 6) is -1.04. The maximum Gasteiger partial charge on any atom is 0.264 e. The number of nitrogen functional groups attached to an aromatic ring is 1. The highest BCUT2D eigenvalue weighted by Gasteiger charge is 2.66. The predicted molar refractivity (Wildman–Crippen MR) is 153 cm³/mol. The molecule has 2 amide bonds. The lowest BCUT2D eigenvalue weighted by molar-refractivity contribution is -0.146. The number of aliphatic hydroxyl groups is 1. The number of aliphatic hydroxyl groups excluding tert-OH is 1. The molecule has 7 nitrogen and oxygen atoms in total. The third-order valence-electron chi connectivity index (χ3n) is 7.99. The van der Waals surface area contributed by atoms with Gasteiger partial charge in [-0.1, -0.05) is 37.3 Å². The molecule has 4 N–H and O–H groups in total. The van der Waals surface area contributed by atoms with Crippen molar-refractivity contribution in [2.45, 2.75) is 50.2 Å². The molecule has 0 bridgehead atoms. The second kappa shape index (κ2) is 10.2. The second-order valence-corrected chi connectivity index (χ2v) is 14.8. The summed E-state index contributed by atoms with van der Waals surface area (Å²) in [5, 5.41) is 12.7. The summed E-state index contributed by atoms with van der Waals surface area (Å²) in [4.78, 5) is 29.0. The minimum absolute atomic E-state index is 0.166. The number of fused-ring (bicyclic) bond motifs is 2. The zero-order valence-corrected chi connectivity index (χ0v) is 23.4. The monoisotopic (exact) mass is 547 g/mol. The number of halogens is 1. The summed E-state index contributed by atoms with van der Waals surface area (Å²) in [6, 6.07) is 21.6. The van der Waals surface area contributed by atoms with E-state index in [9.17, 15) is 14.7 Å². The maximum atomic E-state index is 15.8. The predicted octanol–water partition coefficient (Wildman–Crippen LogP) is 5.23. The Morgan fingerprint density at radius 2 is 1.82 bits per heavy atom. The van der Waals surface area contributed by atoms with Gasteiger partial charge in [-0.15, -0.1) is 0 Å². The summed E-state index contributed by atoms with van der Waals surface area (Å²) >= 11 is 0. The molecule has 204 valence electrons. The van der Waals surface area contributed by atoms with Crippen molar-refractivity contribution in [1.29, 1.82) is 0 Å². The van der Waals surface area contributed by atoms with Gasteiger partial charge in [0, 0.05) is 40.6 Å². The minimum Gasteiger partial charge on any atom is -0.399 e. The molecule has 4 atom stereocenters.